The van der Waals surface area contributed by atoms with Crippen LogP contribution in [0.2, 0.25) is 0 Å². The average molecular weight is 353 g/mol. The van der Waals surface area contributed by atoms with Gasteiger partial charge in [0, 0.05) is 32.0 Å². The van der Waals surface area contributed by atoms with Gasteiger partial charge in [0.1, 0.15) is 12.4 Å². The predicted octanol–water partition coefficient (Wildman–Crippen LogP) is 0.876. The number of carbonyl (C=O) groups is 1. The summed E-state index contributed by atoms with van der Waals surface area (Å²) in [4.78, 5) is 23.7. The van der Waals surface area contributed by atoms with E-state index in [0.29, 0.717) is 5.69 Å². The molecular weight excluding hydrogens is 337 g/mol. The summed E-state index contributed by atoms with van der Waals surface area (Å²) < 4.78 is 39.0. The topological polar surface area (TPSA) is 88.5 Å². The van der Waals surface area contributed by atoms with Crippen LogP contribution in [0.4, 0.5) is 10.1 Å². The Kier molecular flexibility index (Phi) is 5.15. The van der Waals surface area contributed by atoms with E-state index in [9.17, 15) is 22.4 Å². The molecule has 0 aliphatic rings. The Labute approximate surface area is 138 Å². The van der Waals surface area contributed by atoms with Gasteiger partial charge in [-0.15, -0.1) is 0 Å². The van der Waals surface area contributed by atoms with Gasteiger partial charge >= 0.3 is 0 Å². The molecular formula is C15H16FN3O4S. The highest BCUT2D eigenvalue weighted by Gasteiger charge is 2.18. The van der Waals surface area contributed by atoms with Crippen molar-refractivity contribution in [1.82, 2.24) is 8.87 Å². The highest BCUT2D eigenvalue weighted by Crippen LogP contribution is 2.11. The maximum atomic E-state index is 12.8. The van der Waals surface area contributed by atoms with E-state index in [-0.39, 0.29) is 11.4 Å². The Balaban J connectivity index is 2.21. The van der Waals surface area contributed by atoms with E-state index in [0.717, 1.165) is 21.1 Å². The van der Waals surface area contributed by atoms with Gasteiger partial charge in [0.05, 0.1) is 4.90 Å². The number of hydrogen-bond donors (Lipinski definition) is 1. The van der Waals surface area contributed by atoms with Gasteiger partial charge < -0.3 is 9.88 Å². The van der Waals surface area contributed by atoms with Crippen molar-refractivity contribution >= 4 is 21.6 Å². The van der Waals surface area contributed by atoms with Crippen molar-refractivity contribution in [2.75, 3.05) is 19.4 Å². The molecule has 1 amide bonds. The molecule has 2 aromatic rings. The summed E-state index contributed by atoms with van der Waals surface area (Å²) in [6.07, 6.45) is 1.11. The summed E-state index contributed by atoms with van der Waals surface area (Å²) in [5.74, 6) is -0.978. The molecule has 0 fully saturated rings. The number of carbonyl (C=O) groups excluding carboxylic acids is 1. The van der Waals surface area contributed by atoms with E-state index in [4.69, 9.17) is 0 Å². The first-order chi connectivity index (χ1) is 11.2. The third kappa shape index (κ3) is 4.06. The first kappa shape index (κ1) is 17.8. The van der Waals surface area contributed by atoms with Crippen LogP contribution in [0.25, 0.3) is 0 Å². The fraction of sp³-hybridized carbons (Fsp3) is 0.200. The second-order valence-corrected chi connectivity index (χ2v) is 7.33. The fourth-order valence-electron chi connectivity index (χ4n) is 1.88. The van der Waals surface area contributed by atoms with Crippen LogP contribution < -0.4 is 10.9 Å². The lowest BCUT2D eigenvalue weighted by Crippen LogP contribution is -2.29. The summed E-state index contributed by atoms with van der Waals surface area (Å²) in [6.45, 7) is -0.368. The Morgan fingerprint density at radius 3 is 2.38 bits per heavy atom. The number of benzene rings is 1. The summed E-state index contributed by atoms with van der Waals surface area (Å²) >= 11 is 0. The number of rotatable bonds is 5. The highest BCUT2D eigenvalue weighted by molar-refractivity contribution is 7.89. The van der Waals surface area contributed by atoms with Crippen LogP contribution in [-0.2, 0) is 21.4 Å². The van der Waals surface area contributed by atoms with Crippen LogP contribution in [0, 0.1) is 5.82 Å². The van der Waals surface area contributed by atoms with E-state index in [1.807, 2.05) is 0 Å². The van der Waals surface area contributed by atoms with Crippen LogP contribution in [0.3, 0.4) is 0 Å². The number of amides is 1. The van der Waals surface area contributed by atoms with Gasteiger partial charge in [0.25, 0.3) is 5.56 Å². The molecule has 0 aliphatic heterocycles. The molecule has 2 rings (SSSR count). The van der Waals surface area contributed by atoms with Crippen molar-refractivity contribution in [3.05, 3.63) is 58.8 Å². The monoisotopic (exact) mass is 353 g/mol. The molecule has 0 atom stereocenters. The quantitative estimate of drug-likeness (QED) is 0.864. The Hall–Kier alpha value is -2.52. The van der Waals surface area contributed by atoms with Gasteiger partial charge in [0.15, 0.2) is 0 Å². The third-order valence-corrected chi connectivity index (χ3v) is 4.98. The minimum Gasteiger partial charge on any atom is -0.325 e. The molecule has 1 aromatic heterocycles. The van der Waals surface area contributed by atoms with Crippen LogP contribution in [0.1, 0.15) is 0 Å². The average Bonchev–Trinajstić information content (AvgIpc) is 2.51. The minimum absolute atomic E-state index is 0.0957. The normalized spacial score (nSPS) is 11.5. The lowest BCUT2D eigenvalue weighted by Gasteiger charge is -2.13. The summed E-state index contributed by atoms with van der Waals surface area (Å²) in [5, 5.41) is 2.50. The smallest absolute Gasteiger partial charge is 0.251 e. The van der Waals surface area contributed by atoms with Crippen LogP contribution in [0.15, 0.2) is 52.3 Å². The van der Waals surface area contributed by atoms with E-state index >= 15 is 0 Å². The van der Waals surface area contributed by atoms with Gasteiger partial charge in [-0.2, -0.15) is 0 Å². The van der Waals surface area contributed by atoms with Crippen molar-refractivity contribution in [3.63, 3.8) is 0 Å². The van der Waals surface area contributed by atoms with Crippen molar-refractivity contribution in [3.8, 4) is 0 Å². The van der Waals surface area contributed by atoms with Gasteiger partial charge in [-0.25, -0.2) is 17.1 Å². The number of pyridine rings is 1. The highest BCUT2D eigenvalue weighted by atomic mass is 32.2. The lowest BCUT2D eigenvalue weighted by molar-refractivity contribution is -0.116. The Bertz CT molecular complexity index is 905. The molecule has 0 saturated heterocycles. The zero-order valence-electron chi connectivity index (χ0n) is 13.1. The molecule has 1 aromatic carbocycles. The number of hydrogen-bond acceptors (Lipinski definition) is 4. The number of nitrogens with one attached hydrogen (secondary N) is 1. The number of halogens is 1. The first-order valence-corrected chi connectivity index (χ1v) is 8.32. The Morgan fingerprint density at radius 2 is 1.79 bits per heavy atom. The lowest BCUT2D eigenvalue weighted by atomic mass is 10.3. The third-order valence-electron chi connectivity index (χ3n) is 3.18. The molecule has 24 heavy (non-hydrogen) atoms. The first-order valence-electron chi connectivity index (χ1n) is 6.88. The molecule has 0 saturated carbocycles. The summed E-state index contributed by atoms with van der Waals surface area (Å²) in [5.41, 5.74) is -0.145. The fourth-order valence-corrected chi connectivity index (χ4v) is 2.81. The standard InChI is InChI=1S/C15H16FN3O4S/c1-18(2)24(22,23)13-7-8-15(21)19(9-13)10-14(20)17-12-5-3-11(16)4-6-12/h3-9H,10H2,1-2H3,(H,17,20). The second-order valence-electron chi connectivity index (χ2n) is 5.17. The van der Waals surface area contributed by atoms with Crippen molar-refractivity contribution in [1.29, 1.82) is 0 Å². The molecule has 7 nitrogen and oxygen atoms in total. The second kappa shape index (κ2) is 6.93. The number of nitrogens with zero attached hydrogens (tertiary/aromatic N) is 2. The summed E-state index contributed by atoms with van der Waals surface area (Å²) in [6, 6.07) is 7.40. The molecule has 1 N–H and O–H groups in total. The van der Waals surface area contributed by atoms with E-state index in [2.05, 4.69) is 5.32 Å². The predicted molar refractivity (Wildman–Crippen MR) is 86.6 cm³/mol. The SMILES string of the molecule is CN(C)S(=O)(=O)c1ccc(=O)n(CC(=O)Nc2ccc(F)cc2)c1. The molecule has 0 aliphatic carbocycles. The summed E-state index contributed by atoms with van der Waals surface area (Å²) in [7, 11) is -0.981. The molecule has 0 spiro atoms. The number of sulfonamides is 1. The molecule has 1 heterocycles. The van der Waals surface area contributed by atoms with Crippen molar-refractivity contribution < 1.29 is 17.6 Å². The number of anilines is 1. The molecule has 9 heteroatoms. The molecule has 128 valence electrons. The van der Waals surface area contributed by atoms with Gasteiger partial charge in [0.2, 0.25) is 15.9 Å². The maximum Gasteiger partial charge on any atom is 0.251 e. The van der Waals surface area contributed by atoms with Crippen LogP contribution >= 0.6 is 0 Å². The molecule has 0 unspecified atom stereocenters. The zero-order valence-corrected chi connectivity index (χ0v) is 13.9. The van der Waals surface area contributed by atoms with E-state index < -0.39 is 27.3 Å². The van der Waals surface area contributed by atoms with Crippen molar-refractivity contribution in [2.45, 2.75) is 11.4 Å². The molecule has 0 bridgehead atoms. The largest absolute Gasteiger partial charge is 0.325 e. The van der Waals surface area contributed by atoms with E-state index in [1.54, 1.807) is 0 Å². The van der Waals surface area contributed by atoms with Gasteiger partial charge in [-0.1, -0.05) is 0 Å². The van der Waals surface area contributed by atoms with E-state index in [1.165, 1.54) is 44.4 Å². The maximum absolute atomic E-state index is 12.8. The zero-order chi connectivity index (χ0) is 17.9. The Morgan fingerprint density at radius 1 is 1.17 bits per heavy atom. The van der Waals surface area contributed by atoms with Gasteiger partial charge in [-0.3, -0.25) is 9.59 Å². The van der Waals surface area contributed by atoms with Crippen LogP contribution in [0.5, 0.6) is 0 Å². The van der Waals surface area contributed by atoms with Crippen LogP contribution in [-0.4, -0.2) is 37.3 Å². The van der Waals surface area contributed by atoms with Gasteiger partial charge in [-0.05, 0) is 30.3 Å². The number of aromatic nitrogens is 1. The van der Waals surface area contributed by atoms with Crippen molar-refractivity contribution in [2.24, 2.45) is 0 Å². The minimum atomic E-state index is -3.72. The molecule has 0 radical (unpaired) electrons.